The van der Waals surface area contributed by atoms with E-state index in [0.717, 1.165) is 19.7 Å². The van der Waals surface area contributed by atoms with Crippen molar-refractivity contribution >= 4 is 5.69 Å². The van der Waals surface area contributed by atoms with Gasteiger partial charge in [0.05, 0.1) is 6.61 Å². The molecule has 0 atom stereocenters. The molecule has 1 N–H and O–H groups in total. The maximum atomic E-state index is 5.12. The van der Waals surface area contributed by atoms with Gasteiger partial charge in [-0.25, -0.2) is 0 Å². The Morgan fingerprint density at radius 1 is 1.39 bits per heavy atom. The molecule has 4 heteroatoms. The number of anilines is 1. The number of hydrogen-bond acceptors (Lipinski definition) is 4. The minimum absolute atomic E-state index is 0.109. The van der Waals surface area contributed by atoms with Gasteiger partial charge in [0.1, 0.15) is 0 Å². The van der Waals surface area contributed by atoms with E-state index in [1.54, 1.807) is 7.11 Å². The van der Waals surface area contributed by atoms with Gasteiger partial charge in [-0.05, 0) is 26.8 Å². The van der Waals surface area contributed by atoms with Gasteiger partial charge in [-0.1, -0.05) is 0 Å². The Labute approximate surface area is 110 Å². The molecule has 0 fully saturated rings. The first-order valence-corrected chi connectivity index (χ1v) is 6.32. The molecule has 0 spiro atoms. The van der Waals surface area contributed by atoms with Gasteiger partial charge >= 0.3 is 0 Å². The maximum absolute atomic E-state index is 5.12. The summed E-state index contributed by atoms with van der Waals surface area (Å²) in [6.45, 7) is 8.92. The molecule has 0 amide bonds. The standard InChI is InChI=1S/C14H25N3O/c1-14(2,3)16-11-12-10-15-7-6-13(12)17(4)8-9-18-5/h6-7,10,16H,8-9,11H2,1-5H3. The average Bonchev–Trinajstić information content (AvgIpc) is 2.33. The normalized spacial score (nSPS) is 11.6. The first kappa shape index (κ1) is 14.9. The highest BCUT2D eigenvalue weighted by Crippen LogP contribution is 2.18. The van der Waals surface area contributed by atoms with Crippen molar-refractivity contribution in [2.45, 2.75) is 32.9 Å². The number of pyridine rings is 1. The lowest BCUT2D eigenvalue weighted by molar-refractivity contribution is 0.206. The predicted molar refractivity (Wildman–Crippen MR) is 76.0 cm³/mol. The first-order chi connectivity index (χ1) is 8.44. The van der Waals surface area contributed by atoms with E-state index in [0.29, 0.717) is 0 Å². The third kappa shape index (κ3) is 5.02. The molecular formula is C14H25N3O. The second-order valence-electron chi connectivity index (χ2n) is 5.52. The van der Waals surface area contributed by atoms with Gasteiger partial charge in [0.15, 0.2) is 0 Å². The summed E-state index contributed by atoms with van der Waals surface area (Å²) in [5.74, 6) is 0. The van der Waals surface area contributed by atoms with Crippen molar-refractivity contribution < 1.29 is 4.74 Å². The molecule has 0 radical (unpaired) electrons. The summed E-state index contributed by atoms with van der Waals surface area (Å²) in [6.07, 6.45) is 3.76. The lowest BCUT2D eigenvalue weighted by Crippen LogP contribution is -2.35. The first-order valence-electron chi connectivity index (χ1n) is 6.32. The molecule has 1 aromatic heterocycles. The van der Waals surface area contributed by atoms with Crippen LogP contribution in [0.4, 0.5) is 5.69 Å². The lowest BCUT2D eigenvalue weighted by atomic mass is 10.1. The zero-order valence-electron chi connectivity index (χ0n) is 12.2. The summed E-state index contributed by atoms with van der Waals surface area (Å²) in [6, 6.07) is 2.05. The van der Waals surface area contributed by atoms with Crippen molar-refractivity contribution in [2.24, 2.45) is 0 Å². The largest absolute Gasteiger partial charge is 0.383 e. The average molecular weight is 251 g/mol. The van der Waals surface area contributed by atoms with E-state index in [4.69, 9.17) is 4.74 Å². The molecule has 102 valence electrons. The van der Waals surface area contributed by atoms with Crippen LogP contribution >= 0.6 is 0 Å². The number of nitrogens with one attached hydrogen (secondary N) is 1. The summed E-state index contributed by atoms with van der Waals surface area (Å²) in [5, 5.41) is 3.49. The monoisotopic (exact) mass is 251 g/mol. The van der Waals surface area contributed by atoms with Crippen LogP contribution in [-0.4, -0.2) is 37.8 Å². The van der Waals surface area contributed by atoms with Gasteiger partial charge in [0.2, 0.25) is 0 Å². The molecule has 1 rings (SSSR count). The molecular weight excluding hydrogens is 226 g/mol. The second-order valence-corrected chi connectivity index (χ2v) is 5.52. The van der Waals surface area contributed by atoms with Crippen LogP contribution < -0.4 is 10.2 Å². The molecule has 0 saturated heterocycles. The quantitative estimate of drug-likeness (QED) is 0.839. The Kier molecular flexibility index (Phi) is 5.56. The summed E-state index contributed by atoms with van der Waals surface area (Å²) >= 11 is 0. The van der Waals surface area contributed by atoms with Crippen LogP contribution in [0.2, 0.25) is 0 Å². The zero-order valence-corrected chi connectivity index (χ0v) is 12.2. The number of hydrogen-bond donors (Lipinski definition) is 1. The van der Waals surface area contributed by atoms with Crippen LogP contribution in [0.15, 0.2) is 18.5 Å². The van der Waals surface area contributed by atoms with Gasteiger partial charge in [-0.3, -0.25) is 4.98 Å². The topological polar surface area (TPSA) is 37.4 Å². The van der Waals surface area contributed by atoms with Crippen LogP contribution in [0.5, 0.6) is 0 Å². The zero-order chi connectivity index (χ0) is 13.6. The molecule has 0 aliphatic carbocycles. The van der Waals surface area contributed by atoms with Crippen LogP contribution in [0.25, 0.3) is 0 Å². The van der Waals surface area contributed by atoms with Crippen LogP contribution in [0.1, 0.15) is 26.3 Å². The van der Waals surface area contributed by atoms with Crippen molar-refractivity contribution in [1.29, 1.82) is 0 Å². The molecule has 0 saturated carbocycles. The highest BCUT2D eigenvalue weighted by atomic mass is 16.5. The van der Waals surface area contributed by atoms with Crippen LogP contribution in [0, 0.1) is 0 Å². The van der Waals surface area contributed by atoms with E-state index in [1.807, 2.05) is 12.4 Å². The van der Waals surface area contributed by atoms with E-state index in [-0.39, 0.29) is 5.54 Å². The number of rotatable bonds is 6. The van der Waals surface area contributed by atoms with Crippen molar-refractivity contribution in [2.75, 3.05) is 32.2 Å². The molecule has 0 bridgehead atoms. The fourth-order valence-corrected chi connectivity index (χ4v) is 1.64. The maximum Gasteiger partial charge on any atom is 0.0637 e. The van der Waals surface area contributed by atoms with Crippen molar-refractivity contribution in [3.8, 4) is 0 Å². The van der Waals surface area contributed by atoms with Gasteiger partial charge in [-0.15, -0.1) is 0 Å². The molecule has 1 aromatic rings. The third-order valence-corrected chi connectivity index (χ3v) is 2.73. The molecule has 0 aliphatic heterocycles. The van der Waals surface area contributed by atoms with Gasteiger partial charge < -0.3 is 15.0 Å². The SMILES string of the molecule is COCCN(C)c1ccncc1CNC(C)(C)C. The number of ether oxygens (including phenoxy) is 1. The Bertz CT molecular complexity index is 360. The minimum Gasteiger partial charge on any atom is -0.383 e. The fourth-order valence-electron chi connectivity index (χ4n) is 1.64. The lowest BCUT2D eigenvalue weighted by Gasteiger charge is -2.25. The summed E-state index contributed by atoms with van der Waals surface area (Å²) in [4.78, 5) is 6.41. The third-order valence-electron chi connectivity index (χ3n) is 2.73. The van der Waals surface area contributed by atoms with Gasteiger partial charge in [0.25, 0.3) is 0 Å². The smallest absolute Gasteiger partial charge is 0.0637 e. The Balaban J connectivity index is 2.72. The highest BCUT2D eigenvalue weighted by molar-refractivity contribution is 5.51. The van der Waals surface area contributed by atoms with Crippen molar-refractivity contribution in [1.82, 2.24) is 10.3 Å². The molecule has 4 nitrogen and oxygen atoms in total. The van der Waals surface area contributed by atoms with E-state index in [2.05, 4.69) is 49.1 Å². The van der Waals surface area contributed by atoms with Crippen molar-refractivity contribution in [3.63, 3.8) is 0 Å². The Morgan fingerprint density at radius 3 is 2.72 bits per heavy atom. The molecule has 0 unspecified atom stereocenters. The number of nitrogens with zero attached hydrogens (tertiary/aromatic N) is 2. The summed E-state index contributed by atoms with van der Waals surface area (Å²) < 4.78 is 5.12. The molecule has 1 heterocycles. The molecule has 18 heavy (non-hydrogen) atoms. The van der Waals surface area contributed by atoms with E-state index < -0.39 is 0 Å². The van der Waals surface area contributed by atoms with E-state index in [1.165, 1.54) is 11.3 Å². The second kappa shape index (κ2) is 6.71. The predicted octanol–water partition coefficient (Wildman–Crippen LogP) is 2.05. The number of aromatic nitrogens is 1. The Hall–Kier alpha value is -1.13. The van der Waals surface area contributed by atoms with E-state index >= 15 is 0 Å². The molecule has 0 aromatic carbocycles. The minimum atomic E-state index is 0.109. The van der Waals surface area contributed by atoms with Crippen LogP contribution in [-0.2, 0) is 11.3 Å². The number of methoxy groups -OCH3 is 1. The highest BCUT2D eigenvalue weighted by Gasteiger charge is 2.12. The number of likely N-dealkylation sites (N-methyl/N-ethyl adjacent to an activating group) is 1. The van der Waals surface area contributed by atoms with E-state index in [9.17, 15) is 0 Å². The summed E-state index contributed by atoms with van der Waals surface area (Å²) in [7, 11) is 3.80. The van der Waals surface area contributed by atoms with Gasteiger partial charge in [0, 0.05) is 56.4 Å². The van der Waals surface area contributed by atoms with Crippen LogP contribution in [0.3, 0.4) is 0 Å². The van der Waals surface area contributed by atoms with Gasteiger partial charge in [-0.2, -0.15) is 0 Å². The fraction of sp³-hybridized carbons (Fsp3) is 0.643. The Morgan fingerprint density at radius 2 is 2.11 bits per heavy atom. The van der Waals surface area contributed by atoms with Crippen molar-refractivity contribution in [3.05, 3.63) is 24.0 Å². The molecule has 0 aliphatic rings. The summed E-state index contributed by atoms with van der Waals surface area (Å²) in [5.41, 5.74) is 2.53.